The number of ether oxygens (including phenoxy) is 1. The number of aromatic nitrogens is 2. The molecule has 0 bridgehead atoms. The number of hydrogen-bond acceptors (Lipinski definition) is 6. The van der Waals surface area contributed by atoms with Crippen molar-refractivity contribution in [1.82, 2.24) is 9.97 Å². The lowest BCUT2D eigenvalue weighted by Gasteiger charge is -2.24. The predicted molar refractivity (Wildman–Crippen MR) is 142 cm³/mol. The van der Waals surface area contributed by atoms with Crippen LogP contribution >= 0.6 is 0 Å². The van der Waals surface area contributed by atoms with E-state index >= 15 is 0 Å². The fraction of sp³-hybridized carbons (Fsp3) is 0.370. The molecule has 1 heterocycles. The Morgan fingerprint density at radius 2 is 1.58 bits per heavy atom. The molecule has 0 saturated heterocycles. The minimum absolute atomic E-state index is 0.0215. The summed E-state index contributed by atoms with van der Waals surface area (Å²) in [5.41, 5.74) is 3.44. The first-order chi connectivity index (χ1) is 16.9. The van der Waals surface area contributed by atoms with Crippen molar-refractivity contribution in [1.29, 1.82) is 0 Å². The van der Waals surface area contributed by atoms with Crippen molar-refractivity contribution in [2.45, 2.75) is 59.3 Å². The molecule has 2 N–H and O–H groups in total. The normalized spacial score (nSPS) is 11.7. The Morgan fingerprint density at radius 1 is 0.944 bits per heavy atom. The maximum absolute atomic E-state index is 12.9. The number of amides is 1. The Labute approximate surface area is 213 Å². The van der Waals surface area contributed by atoms with Gasteiger partial charge in [0.25, 0.3) is 10.0 Å². The van der Waals surface area contributed by atoms with Crippen molar-refractivity contribution < 1.29 is 17.9 Å². The number of anilines is 2. The lowest BCUT2D eigenvalue weighted by Crippen LogP contribution is -2.31. The average molecular weight is 511 g/mol. The molecule has 3 rings (SSSR count). The molecule has 192 valence electrons. The summed E-state index contributed by atoms with van der Waals surface area (Å²) in [7, 11) is -3.87. The van der Waals surface area contributed by atoms with Crippen LogP contribution in [0.4, 0.5) is 11.6 Å². The second kappa shape index (κ2) is 11.1. The molecule has 0 aliphatic rings. The zero-order valence-electron chi connectivity index (χ0n) is 21.7. The first-order valence-electron chi connectivity index (χ1n) is 11.8. The van der Waals surface area contributed by atoms with Gasteiger partial charge in [0.05, 0.1) is 11.5 Å². The molecule has 0 radical (unpaired) electrons. The smallest absolute Gasteiger partial charge is 0.264 e. The molecule has 0 spiro atoms. The van der Waals surface area contributed by atoms with Crippen LogP contribution in [0, 0.1) is 33.1 Å². The van der Waals surface area contributed by atoms with E-state index in [4.69, 9.17) is 4.74 Å². The van der Waals surface area contributed by atoms with E-state index in [-0.39, 0.29) is 16.8 Å². The summed E-state index contributed by atoms with van der Waals surface area (Å²) in [5, 5.41) is 2.88. The van der Waals surface area contributed by atoms with Crippen LogP contribution in [0.25, 0.3) is 0 Å². The van der Waals surface area contributed by atoms with Gasteiger partial charge in [-0.15, -0.1) is 0 Å². The maximum Gasteiger partial charge on any atom is 0.264 e. The summed E-state index contributed by atoms with van der Waals surface area (Å²) in [6.45, 7) is 11.9. The third-order valence-electron chi connectivity index (χ3n) is 5.79. The van der Waals surface area contributed by atoms with Gasteiger partial charge in [0.1, 0.15) is 5.75 Å². The molecule has 0 aliphatic carbocycles. The van der Waals surface area contributed by atoms with E-state index in [1.807, 2.05) is 45.9 Å². The van der Waals surface area contributed by atoms with E-state index < -0.39 is 15.4 Å². The van der Waals surface area contributed by atoms with Gasteiger partial charge in [-0.05, 0) is 88.1 Å². The molecule has 9 heteroatoms. The van der Waals surface area contributed by atoms with Crippen LogP contribution in [0.2, 0.25) is 0 Å². The van der Waals surface area contributed by atoms with E-state index in [1.165, 1.54) is 12.1 Å². The SMILES string of the molecule is Cc1ccc(C)c(OCCCC(C)(C)C(=O)Nc2ccc(S(=O)(=O)Nc3nc(C)cc(C)n3)cc2)c1. The predicted octanol–water partition coefficient (Wildman–Crippen LogP) is 5.33. The first kappa shape index (κ1) is 27.1. The molecule has 0 unspecified atom stereocenters. The highest BCUT2D eigenvalue weighted by molar-refractivity contribution is 7.92. The number of hydrogen-bond donors (Lipinski definition) is 2. The number of carbonyl (C=O) groups is 1. The van der Waals surface area contributed by atoms with E-state index in [9.17, 15) is 13.2 Å². The number of nitrogens with zero attached hydrogens (tertiary/aromatic N) is 2. The summed E-state index contributed by atoms with van der Waals surface area (Å²) in [6.07, 6.45) is 1.35. The zero-order valence-corrected chi connectivity index (χ0v) is 22.5. The summed E-state index contributed by atoms with van der Waals surface area (Å²) in [4.78, 5) is 21.2. The number of sulfonamides is 1. The number of rotatable bonds is 10. The summed E-state index contributed by atoms with van der Waals surface area (Å²) < 4.78 is 33.7. The number of nitrogens with one attached hydrogen (secondary N) is 2. The molecule has 0 atom stereocenters. The first-order valence-corrected chi connectivity index (χ1v) is 13.3. The number of aryl methyl sites for hydroxylation is 4. The van der Waals surface area contributed by atoms with Crippen LogP contribution in [0.1, 0.15) is 49.2 Å². The third kappa shape index (κ3) is 7.27. The Kier molecular flexibility index (Phi) is 8.35. The topological polar surface area (TPSA) is 110 Å². The van der Waals surface area contributed by atoms with E-state index in [2.05, 4.69) is 20.0 Å². The molecule has 0 aliphatic heterocycles. The number of benzene rings is 2. The van der Waals surface area contributed by atoms with Gasteiger partial charge >= 0.3 is 0 Å². The Morgan fingerprint density at radius 3 is 2.22 bits per heavy atom. The summed E-state index contributed by atoms with van der Waals surface area (Å²) in [5.74, 6) is 0.741. The Hall–Kier alpha value is -3.46. The fourth-order valence-corrected chi connectivity index (χ4v) is 4.58. The van der Waals surface area contributed by atoms with Crippen LogP contribution in [-0.4, -0.2) is 30.9 Å². The van der Waals surface area contributed by atoms with Crippen LogP contribution in [0.3, 0.4) is 0 Å². The van der Waals surface area contributed by atoms with Crippen LogP contribution in [-0.2, 0) is 14.8 Å². The lowest BCUT2D eigenvalue weighted by molar-refractivity contribution is -0.124. The van der Waals surface area contributed by atoms with Gasteiger partial charge in [0.15, 0.2) is 0 Å². The standard InChI is InChI=1S/C27H34N4O4S/c1-18-8-9-19(2)24(16-18)35-15-7-14-27(5,6)25(32)30-22-10-12-23(13-11-22)36(33,34)31-26-28-20(3)17-21(4)29-26/h8-13,16-17H,7,14-15H2,1-6H3,(H,30,32)(H,28,29,31). The van der Waals surface area contributed by atoms with Crippen molar-refractivity contribution in [3.05, 3.63) is 71.0 Å². The average Bonchev–Trinajstić information content (AvgIpc) is 2.78. The highest BCUT2D eigenvalue weighted by atomic mass is 32.2. The fourth-order valence-electron chi connectivity index (χ4n) is 3.64. The largest absolute Gasteiger partial charge is 0.493 e. The molecule has 2 aromatic carbocycles. The van der Waals surface area contributed by atoms with Gasteiger partial charge in [0, 0.05) is 22.5 Å². The molecular weight excluding hydrogens is 476 g/mol. The third-order valence-corrected chi connectivity index (χ3v) is 7.14. The minimum atomic E-state index is -3.87. The van der Waals surface area contributed by atoms with Crippen molar-refractivity contribution in [3.8, 4) is 5.75 Å². The van der Waals surface area contributed by atoms with Crippen LogP contribution in [0.15, 0.2) is 53.4 Å². The molecule has 3 aromatic rings. The van der Waals surface area contributed by atoms with Crippen molar-refractivity contribution in [2.24, 2.45) is 5.41 Å². The van der Waals surface area contributed by atoms with Gasteiger partial charge in [-0.25, -0.2) is 23.1 Å². The molecule has 8 nitrogen and oxygen atoms in total. The number of carbonyl (C=O) groups excluding carboxylic acids is 1. The van der Waals surface area contributed by atoms with Gasteiger partial charge in [-0.1, -0.05) is 26.0 Å². The molecule has 36 heavy (non-hydrogen) atoms. The molecule has 0 fully saturated rings. The molecule has 1 amide bonds. The quantitative estimate of drug-likeness (QED) is 0.357. The minimum Gasteiger partial charge on any atom is -0.493 e. The van der Waals surface area contributed by atoms with Gasteiger partial charge < -0.3 is 10.1 Å². The molecule has 1 aromatic heterocycles. The van der Waals surface area contributed by atoms with Gasteiger partial charge in [-0.3, -0.25) is 4.79 Å². The Balaban J connectivity index is 1.55. The monoisotopic (exact) mass is 510 g/mol. The second-order valence-electron chi connectivity index (χ2n) is 9.66. The molecular formula is C27H34N4O4S. The van der Waals surface area contributed by atoms with E-state index in [1.54, 1.807) is 32.0 Å². The van der Waals surface area contributed by atoms with Crippen molar-refractivity contribution in [2.75, 3.05) is 16.6 Å². The van der Waals surface area contributed by atoms with Gasteiger partial charge in [-0.2, -0.15) is 0 Å². The highest BCUT2D eigenvalue weighted by Gasteiger charge is 2.27. The summed E-state index contributed by atoms with van der Waals surface area (Å²) >= 11 is 0. The highest BCUT2D eigenvalue weighted by Crippen LogP contribution is 2.26. The van der Waals surface area contributed by atoms with Crippen LogP contribution in [0.5, 0.6) is 5.75 Å². The zero-order chi connectivity index (χ0) is 26.5. The van der Waals surface area contributed by atoms with Crippen LogP contribution < -0.4 is 14.8 Å². The van der Waals surface area contributed by atoms with Crippen molar-refractivity contribution >= 4 is 27.6 Å². The maximum atomic E-state index is 12.9. The van der Waals surface area contributed by atoms with Crippen molar-refractivity contribution in [3.63, 3.8) is 0 Å². The van der Waals surface area contributed by atoms with Gasteiger partial charge in [0.2, 0.25) is 11.9 Å². The second-order valence-corrected chi connectivity index (χ2v) is 11.3. The summed E-state index contributed by atoms with van der Waals surface area (Å²) in [6, 6.07) is 13.9. The Bertz CT molecular complexity index is 1320. The molecule has 0 saturated carbocycles. The van der Waals surface area contributed by atoms with E-state index in [0.717, 1.165) is 23.3 Å². The lowest BCUT2D eigenvalue weighted by atomic mass is 9.87. The van der Waals surface area contributed by atoms with E-state index in [0.29, 0.717) is 30.1 Å².